The number of ether oxygens (including phenoxy) is 1. The largest absolute Gasteiger partial charge is 0.478 e. The summed E-state index contributed by atoms with van der Waals surface area (Å²) in [6.07, 6.45) is 1.94. The predicted molar refractivity (Wildman–Crippen MR) is 106 cm³/mol. The number of carboxylic acid groups (broad SMARTS) is 1. The van der Waals surface area contributed by atoms with Crippen molar-refractivity contribution in [1.29, 1.82) is 0 Å². The van der Waals surface area contributed by atoms with Gasteiger partial charge in [0, 0.05) is 15.6 Å². The quantitative estimate of drug-likeness (QED) is 0.249. The fourth-order valence-electron chi connectivity index (χ4n) is 3.16. The Bertz CT molecular complexity index is 721. The number of aliphatic carboxylic acids is 1. The number of carbonyl (C=O) groups is 1. The molecule has 0 bridgehead atoms. The van der Waals surface area contributed by atoms with Gasteiger partial charge in [-0.15, -0.1) is 23.2 Å². The van der Waals surface area contributed by atoms with Gasteiger partial charge in [0.05, 0.1) is 6.08 Å². The van der Waals surface area contributed by atoms with E-state index in [1.54, 1.807) is 6.92 Å². The second-order valence-corrected chi connectivity index (χ2v) is 9.37. The lowest BCUT2D eigenvalue weighted by Gasteiger charge is -2.41. The van der Waals surface area contributed by atoms with Crippen LogP contribution in [0.1, 0.15) is 39.2 Å². The van der Waals surface area contributed by atoms with Crippen molar-refractivity contribution in [2.45, 2.75) is 37.9 Å². The average Bonchev–Trinajstić information content (AvgIpc) is 2.36. The minimum atomic E-state index is -1.05. The molecule has 24 heavy (non-hydrogen) atoms. The Kier molecular flexibility index (Phi) is 5.93. The maximum atomic E-state index is 10.9. The average molecular weight is 481 g/mol. The van der Waals surface area contributed by atoms with Gasteiger partial charge in [0.15, 0.2) is 0 Å². The zero-order valence-electron chi connectivity index (χ0n) is 13.7. The normalized spacial score (nSPS) is 20.0. The zero-order valence-corrected chi connectivity index (χ0v) is 17.4. The van der Waals surface area contributed by atoms with Crippen LogP contribution in [-0.2, 0) is 9.53 Å². The highest BCUT2D eigenvalue weighted by Gasteiger charge is 2.44. The van der Waals surface area contributed by atoms with Crippen LogP contribution >= 0.6 is 45.8 Å². The van der Waals surface area contributed by atoms with Crippen molar-refractivity contribution in [2.75, 3.05) is 0 Å². The first-order chi connectivity index (χ1) is 11.0. The molecule has 0 saturated heterocycles. The topological polar surface area (TPSA) is 46.5 Å². The summed E-state index contributed by atoms with van der Waals surface area (Å²) in [5, 5.41) is 8.92. The van der Waals surface area contributed by atoms with Crippen molar-refractivity contribution in [3.63, 3.8) is 0 Å². The molecule has 2 rings (SSSR count). The molecule has 130 valence electrons. The van der Waals surface area contributed by atoms with Crippen LogP contribution in [0.3, 0.4) is 0 Å². The minimum absolute atomic E-state index is 0.294. The summed E-state index contributed by atoms with van der Waals surface area (Å²) >= 11 is 15.2. The van der Waals surface area contributed by atoms with Gasteiger partial charge in [0.2, 0.25) is 0 Å². The van der Waals surface area contributed by atoms with E-state index in [1.807, 2.05) is 24.3 Å². The smallest absolute Gasteiger partial charge is 0.331 e. The van der Waals surface area contributed by atoms with Gasteiger partial charge in [-0.2, -0.15) is 0 Å². The second kappa shape index (κ2) is 7.26. The molecule has 0 spiro atoms. The zero-order chi connectivity index (χ0) is 18.1. The molecule has 1 N–H and O–H groups in total. The van der Waals surface area contributed by atoms with Crippen LogP contribution in [0.25, 0.3) is 5.57 Å². The van der Waals surface area contributed by atoms with Crippen LogP contribution in [0.5, 0.6) is 0 Å². The number of allylic oxidation sites excluding steroid dienone is 3. The van der Waals surface area contributed by atoms with Gasteiger partial charge in [0.25, 0.3) is 0 Å². The Morgan fingerprint density at radius 3 is 2.54 bits per heavy atom. The molecule has 0 atom stereocenters. The summed E-state index contributed by atoms with van der Waals surface area (Å²) in [6.45, 7) is 5.76. The lowest BCUT2D eigenvalue weighted by molar-refractivity contribution is -0.131. The minimum Gasteiger partial charge on any atom is -0.478 e. The number of hydrogen-bond acceptors (Lipinski definition) is 2. The van der Waals surface area contributed by atoms with Crippen molar-refractivity contribution in [2.24, 2.45) is 5.41 Å². The molecule has 0 aromatic heterocycles. The first-order valence-electron chi connectivity index (χ1n) is 7.47. The van der Waals surface area contributed by atoms with Crippen molar-refractivity contribution in [1.82, 2.24) is 0 Å². The number of carboxylic acids is 1. The molecule has 6 heteroatoms. The summed E-state index contributed by atoms with van der Waals surface area (Å²) < 4.78 is 6.02. The third kappa shape index (κ3) is 4.67. The first-order valence-corrected chi connectivity index (χ1v) is 9.31. The maximum absolute atomic E-state index is 10.9. The second-order valence-electron chi connectivity index (χ2n) is 6.57. The summed E-state index contributed by atoms with van der Waals surface area (Å²) in [4.78, 5) is 10.9. The Labute approximate surface area is 165 Å². The van der Waals surface area contributed by atoms with Crippen LogP contribution in [0.15, 0.2) is 41.9 Å². The van der Waals surface area contributed by atoms with Crippen molar-refractivity contribution in [3.05, 3.63) is 51.0 Å². The van der Waals surface area contributed by atoms with Crippen LogP contribution < -0.4 is 0 Å². The van der Waals surface area contributed by atoms with Gasteiger partial charge in [-0.05, 0) is 53.0 Å². The molecular weight excluding hydrogens is 462 g/mol. The van der Waals surface area contributed by atoms with Gasteiger partial charge >= 0.3 is 5.97 Å². The van der Waals surface area contributed by atoms with E-state index in [2.05, 4.69) is 36.4 Å². The van der Waals surface area contributed by atoms with Crippen LogP contribution in [-0.4, -0.2) is 15.4 Å². The van der Waals surface area contributed by atoms with Crippen molar-refractivity contribution < 1.29 is 14.6 Å². The van der Waals surface area contributed by atoms with E-state index in [1.165, 1.54) is 0 Å². The molecule has 1 aliphatic carbocycles. The molecule has 1 aromatic rings. The monoisotopic (exact) mass is 480 g/mol. The molecule has 0 heterocycles. The lowest BCUT2D eigenvalue weighted by Crippen LogP contribution is -2.33. The van der Waals surface area contributed by atoms with Crippen molar-refractivity contribution >= 4 is 57.3 Å². The number of rotatable bonds is 4. The third-order valence-electron chi connectivity index (χ3n) is 3.83. The first kappa shape index (κ1) is 19.6. The highest BCUT2D eigenvalue weighted by molar-refractivity contribution is 14.1. The summed E-state index contributed by atoms with van der Waals surface area (Å²) in [5.41, 5.74) is 1.76. The molecule has 0 saturated carbocycles. The fraction of sp³-hybridized carbons (Fsp3) is 0.389. The van der Waals surface area contributed by atoms with E-state index in [4.69, 9.17) is 33.0 Å². The number of hydrogen-bond donors (Lipinski definition) is 1. The SMILES string of the molecule is C/C(=C/C(=O)O)OC1=C(c2ccccc2I)C(C)(C)CC(Cl)(Cl)C1. The lowest BCUT2D eigenvalue weighted by atomic mass is 9.71. The fourth-order valence-corrected chi connectivity index (χ4v) is 4.73. The van der Waals surface area contributed by atoms with Crippen LogP contribution in [0.2, 0.25) is 0 Å². The molecule has 0 aliphatic heterocycles. The Balaban J connectivity index is 2.62. The molecule has 0 amide bonds. The number of benzene rings is 1. The number of halogens is 3. The third-order valence-corrected chi connectivity index (χ3v) is 5.30. The van der Waals surface area contributed by atoms with Gasteiger partial charge in [0.1, 0.15) is 15.9 Å². The predicted octanol–water partition coefficient (Wildman–Crippen LogP) is 6.00. The highest BCUT2D eigenvalue weighted by atomic mass is 127. The van der Waals surface area contributed by atoms with Gasteiger partial charge in [-0.3, -0.25) is 0 Å². The van der Waals surface area contributed by atoms with Gasteiger partial charge in [-0.25, -0.2) is 4.79 Å². The molecular formula is C18H19Cl2IO3. The molecule has 3 nitrogen and oxygen atoms in total. The molecule has 0 unspecified atom stereocenters. The van der Waals surface area contributed by atoms with E-state index in [0.717, 1.165) is 20.8 Å². The van der Waals surface area contributed by atoms with E-state index in [0.29, 0.717) is 24.4 Å². The van der Waals surface area contributed by atoms with Crippen LogP contribution in [0, 0.1) is 8.99 Å². The van der Waals surface area contributed by atoms with E-state index < -0.39 is 10.3 Å². The van der Waals surface area contributed by atoms with E-state index in [9.17, 15) is 4.79 Å². The van der Waals surface area contributed by atoms with Gasteiger partial charge in [-0.1, -0.05) is 32.0 Å². The van der Waals surface area contributed by atoms with Gasteiger partial charge < -0.3 is 9.84 Å². The summed E-state index contributed by atoms with van der Waals surface area (Å²) in [7, 11) is 0. The highest BCUT2D eigenvalue weighted by Crippen LogP contribution is 2.54. The summed E-state index contributed by atoms with van der Waals surface area (Å²) in [5.74, 6) is -0.139. The Morgan fingerprint density at radius 2 is 1.96 bits per heavy atom. The Hall–Kier alpha value is -0.720. The Morgan fingerprint density at radius 1 is 1.33 bits per heavy atom. The van der Waals surface area contributed by atoms with Crippen LogP contribution in [0.4, 0.5) is 0 Å². The van der Waals surface area contributed by atoms with E-state index in [-0.39, 0.29) is 5.41 Å². The standard InChI is InChI=1S/C18H19Cl2IO3/c1-11(8-15(22)23)24-14-9-18(19,20)10-17(2,3)16(14)12-6-4-5-7-13(12)21/h4-8H,9-10H2,1-3H3,(H,22,23)/b11-8-. The molecule has 1 aliphatic rings. The summed E-state index contributed by atoms with van der Waals surface area (Å²) in [6, 6.07) is 8.01. The van der Waals surface area contributed by atoms with Crippen molar-refractivity contribution in [3.8, 4) is 0 Å². The molecule has 0 radical (unpaired) electrons. The molecule has 1 aromatic carbocycles. The maximum Gasteiger partial charge on any atom is 0.331 e. The molecule has 0 fully saturated rings. The number of alkyl halides is 2. The van der Waals surface area contributed by atoms with E-state index >= 15 is 0 Å².